The fourth-order valence-electron chi connectivity index (χ4n) is 8.14. The normalized spacial score (nSPS) is 16.7. The average molecular weight is 696 g/mol. The lowest BCUT2D eigenvalue weighted by Gasteiger charge is -2.43. The van der Waals surface area contributed by atoms with Gasteiger partial charge in [0.1, 0.15) is 11.5 Å². The third kappa shape index (κ3) is 5.27. The molecule has 0 atom stereocenters. The van der Waals surface area contributed by atoms with E-state index in [4.69, 9.17) is 4.74 Å². The highest BCUT2D eigenvalue weighted by Gasteiger charge is 2.38. The van der Waals surface area contributed by atoms with Crippen LogP contribution in [0, 0.1) is 30.2 Å². The van der Waals surface area contributed by atoms with Crippen molar-refractivity contribution < 1.29 is 32.2 Å². The zero-order valence-electron chi connectivity index (χ0n) is 29.9. The molecular formula is C42H39F4N2O3+. The Labute approximate surface area is 294 Å². The summed E-state index contributed by atoms with van der Waals surface area (Å²) in [6.45, 7) is 16.8. The van der Waals surface area contributed by atoms with Crippen molar-refractivity contribution in [3.63, 3.8) is 0 Å². The minimum atomic E-state index is -1.88. The Bertz CT molecular complexity index is 2380. The number of carboxylic acids is 1. The van der Waals surface area contributed by atoms with Gasteiger partial charge >= 0.3 is 5.97 Å². The molecule has 0 fully saturated rings. The number of likely N-dealkylation sites (N-methyl/N-ethyl adjacent to an activating group) is 1. The van der Waals surface area contributed by atoms with Gasteiger partial charge in [-0.05, 0) is 88.6 Å². The van der Waals surface area contributed by atoms with Gasteiger partial charge in [-0.1, -0.05) is 18.2 Å². The summed E-state index contributed by atoms with van der Waals surface area (Å²) in [5.41, 5.74) is 4.69. The topological polar surface area (TPSA) is 52.8 Å². The van der Waals surface area contributed by atoms with Crippen LogP contribution in [0.3, 0.4) is 0 Å². The zero-order chi connectivity index (χ0) is 36.9. The fraction of sp³-hybridized carbons (Fsp3) is 0.286. The van der Waals surface area contributed by atoms with Crippen molar-refractivity contribution in [3.8, 4) is 11.5 Å². The molecule has 3 aliphatic heterocycles. The quantitative estimate of drug-likeness (QED) is 0.0868. The molecule has 7 rings (SSSR count). The van der Waals surface area contributed by atoms with E-state index >= 15 is 13.2 Å². The Kier molecular flexibility index (Phi) is 7.85. The minimum absolute atomic E-state index is 0.186. The second kappa shape index (κ2) is 11.7. The van der Waals surface area contributed by atoms with Crippen molar-refractivity contribution in [2.24, 2.45) is 0 Å². The van der Waals surface area contributed by atoms with Crippen molar-refractivity contribution in [2.75, 3.05) is 11.4 Å². The molecule has 4 aromatic carbocycles. The number of rotatable bonds is 5. The van der Waals surface area contributed by atoms with Gasteiger partial charge in [0, 0.05) is 70.8 Å². The number of ether oxygens (including phenoxy) is 1. The highest BCUT2D eigenvalue weighted by atomic mass is 19.2. The Balaban J connectivity index is 1.59. The van der Waals surface area contributed by atoms with Gasteiger partial charge in [-0.3, -0.25) is 0 Å². The average Bonchev–Trinajstić information content (AvgIpc) is 3.06. The predicted molar refractivity (Wildman–Crippen MR) is 192 cm³/mol. The highest BCUT2D eigenvalue weighted by molar-refractivity contribution is 5.92. The number of carbonyl (C=O) groups is 1. The van der Waals surface area contributed by atoms with Gasteiger partial charge in [0.05, 0.1) is 17.2 Å². The summed E-state index contributed by atoms with van der Waals surface area (Å²) in [5, 5.41) is 10.6. The molecule has 3 heterocycles. The third-order valence-electron chi connectivity index (χ3n) is 10.5. The molecule has 5 nitrogen and oxygen atoms in total. The predicted octanol–water partition coefficient (Wildman–Crippen LogP) is 8.51. The van der Waals surface area contributed by atoms with E-state index in [9.17, 15) is 14.3 Å². The minimum Gasteiger partial charge on any atom is -0.478 e. The number of aromatic carboxylic acids is 1. The molecule has 0 aliphatic carbocycles. The van der Waals surface area contributed by atoms with Crippen LogP contribution in [0.15, 0.2) is 60.7 Å². The Morgan fingerprint density at radius 1 is 0.804 bits per heavy atom. The molecule has 4 aromatic rings. The number of nitrogens with zero attached hydrogens (tertiary/aromatic N) is 2. The maximum Gasteiger partial charge on any atom is 0.335 e. The lowest BCUT2D eigenvalue weighted by Crippen LogP contribution is -2.49. The van der Waals surface area contributed by atoms with Crippen LogP contribution in [0.25, 0.3) is 16.7 Å². The summed E-state index contributed by atoms with van der Waals surface area (Å²) >= 11 is 0. The Morgan fingerprint density at radius 3 is 2.10 bits per heavy atom. The number of hydrogen-bond donors (Lipinski definition) is 1. The van der Waals surface area contributed by atoms with E-state index in [2.05, 4.69) is 56.2 Å². The number of anilines is 1. The Morgan fingerprint density at radius 2 is 1.45 bits per heavy atom. The molecule has 3 aliphatic rings. The van der Waals surface area contributed by atoms with Crippen molar-refractivity contribution in [1.82, 2.24) is 4.58 Å². The van der Waals surface area contributed by atoms with Crippen LogP contribution in [0.2, 0.25) is 0 Å². The molecule has 0 bridgehead atoms. The summed E-state index contributed by atoms with van der Waals surface area (Å²) in [4.78, 5) is 13.7. The molecule has 51 heavy (non-hydrogen) atoms. The van der Waals surface area contributed by atoms with Crippen LogP contribution >= 0.6 is 0 Å². The number of halogens is 4. The van der Waals surface area contributed by atoms with Crippen LogP contribution in [0.5, 0.6) is 11.5 Å². The first-order chi connectivity index (χ1) is 23.9. The van der Waals surface area contributed by atoms with E-state index in [1.54, 1.807) is 24.3 Å². The summed E-state index contributed by atoms with van der Waals surface area (Å²) in [6, 6.07) is 14.2. The molecule has 0 aromatic heterocycles. The molecule has 0 saturated carbocycles. The van der Waals surface area contributed by atoms with E-state index in [1.807, 2.05) is 38.1 Å². The molecule has 0 spiro atoms. The number of benzene rings is 4. The van der Waals surface area contributed by atoms with Gasteiger partial charge in [-0.25, -0.2) is 26.9 Å². The van der Waals surface area contributed by atoms with Gasteiger partial charge in [0.25, 0.3) is 0 Å². The van der Waals surface area contributed by atoms with E-state index in [-0.39, 0.29) is 27.8 Å². The van der Waals surface area contributed by atoms with E-state index in [0.29, 0.717) is 35.4 Å². The van der Waals surface area contributed by atoms with Gasteiger partial charge in [-0.15, -0.1) is 0 Å². The Hall–Kier alpha value is -5.18. The molecule has 9 heteroatoms. The summed E-state index contributed by atoms with van der Waals surface area (Å²) in [6.07, 6.45) is 4.26. The van der Waals surface area contributed by atoms with Crippen LogP contribution in [0.4, 0.5) is 23.2 Å². The first kappa shape index (κ1) is 34.3. The third-order valence-corrected chi connectivity index (χ3v) is 10.5. The lowest BCUT2D eigenvalue weighted by molar-refractivity contribution is 0.0697. The van der Waals surface area contributed by atoms with E-state index in [1.165, 1.54) is 6.92 Å². The maximum absolute atomic E-state index is 16.1. The van der Waals surface area contributed by atoms with E-state index in [0.717, 1.165) is 38.9 Å². The van der Waals surface area contributed by atoms with Crippen molar-refractivity contribution in [1.29, 1.82) is 0 Å². The molecule has 262 valence electrons. The highest BCUT2D eigenvalue weighted by Crippen LogP contribution is 2.47. The van der Waals surface area contributed by atoms with E-state index < -0.39 is 34.8 Å². The molecule has 0 amide bonds. The van der Waals surface area contributed by atoms with Crippen LogP contribution < -0.4 is 24.8 Å². The monoisotopic (exact) mass is 695 g/mol. The number of allylic oxidation sites excluding steroid dienone is 2. The first-order valence-electron chi connectivity index (χ1n) is 17.0. The standard InChI is InChI=1S/C42H38F4N2O3/c1-9-47-30-16-32-28(14-26(30)21(2)18-41(47,5)6)35(34-23(4)36(43)38(45)39(46)37(34)44)29-15-27-22(3)19-42(7,8)48(31(27)17-33(29)51-32)20-24-10-12-25(13-11-24)40(49)50/h10-19H,9,20H2,1-8H3/p+1. The maximum atomic E-state index is 16.1. The smallest absolute Gasteiger partial charge is 0.335 e. The summed E-state index contributed by atoms with van der Waals surface area (Å²) < 4.78 is 70.0. The SMILES string of the molecule is CCN1c2cc3c(cc2C(C)=CC1(C)C)C(c1c(C)c(F)c(F)c(F)c1F)=c1cc2c(cc1O3)=[N+](Cc1ccc(C(=O)O)cc1)C(C)(C)C=C2C. The molecule has 0 radical (unpaired) electrons. The number of carboxylic acid groups (broad SMARTS) is 1. The van der Waals surface area contributed by atoms with Crippen molar-refractivity contribution in [3.05, 3.63) is 133 Å². The number of hydrogen-bond acceptors (Lipinski definition) is 3. The second-order valence-electron chi connectivity index (χ2n) is 14.8. The van der Waals surface area contributed by atoms with Gasteiger partial charge in [0.15, 0.2) is 35.4 Å². The fourth-order valence-corrected chi connectivity index (χ4v) is 8.14. The second-order valence-corrected chi connectivity index (χ2v) is 14.8. The van der Waals surface area contributed by atoms with Crippen LogP contribution in [-0.4, -0.2) is 28.7 Å². The van der Waals surface area contributed by atoms with Crippen LogP contribution in [-0.2, 0) is 6.54 Å². The van der Waals surface area contributed by atoms with Gasteiger partial charge in [0.2, 0.25) is 5.36 Å². The lowest BCUT2D eigenvalue weighted by atomic mass is 9.83. The van der Waals surface area contributed by atoms with Crippen molar-refractivity contribution >= 4 is 28.4 Å². The summed E-state index contributed by atoms with van der Waals surface area (Å²) in [5.74, 6) is -6.94. The first-order valence-corrected chi connectivity index (χ1v) is 17.0. The molecular weight excluding hydrogens is 656 g/mol. The zero-order valence-corrected chi connectivity index (χ0v) is 29.9. The molecule has 0 saturated heterocycles. The molecule has 0 unspecified atom stereocenters. The summed E-state index contributed by atoms with van der Waals surface area (Å²) in [7, 11) is 0. The largest absolute Gasteiger partial charge is 0.478 e. The van der Waals surface area contributed by atoms with Gasteiger partial charge in [-0.2, -0.15) is 0 Å². The van der Waals surface area contributed by atoms with Crippen LogP contribution in [0.1, 0.15) is 92.2 Å². The van der Waals surface area contributed by atoms with Gasteiger partial charge < -0.3 is 14.7 Å². The number of fused-ring (bicyclic) bond motifs is 4. The van der Waals surface area contributed by atoms with Crippen molar-refractivity contribution in [2.45, 2.75) is 73.0 Å². The molecule has 1 N–H and O–H groups in total.